The first-order chi connectivity index (χ1) is 15.6. The zero-order valence-electron chi connectivity index (χ0n) is 18.0. The van der Waals surface area contributed by atoms with Crippen LogP contribution in [0.4, 0.5) is 4.39 Å². The van der Waals surface area contributed by atoms with Gasteiger partial charge in [-0.1, -0.05) is 18.2 Å². The molecule has 0 saturated heterocycles. The van der Waals surface area contributed by atoms with Crippen molar-refractivity contribution in [3.05, 3.63) is 82.7 Å². The van der Waals surface area contributed by atoms with Crippen LogP contribution < -0.4 is 13.7 Å². The highest BCUT2D eigenvalue weighted by atomic mass is 32.2. The number of methoxy groups -OCH3 is 2. The van der Waals surface area contributed by atoms with Gasteiger partial charge >= 0.3 is 0 Å². The van der Waals surface area contributed by atoms with Crippen LogP contribution in [0.25, 0.3) is 0 Å². The number of fused-ring (bicyclic) bond motifs is 4. The summed E-state index contributed by atoms with van der Waals surface area (Å²) in [5, 5.41) is 0. The number of nitrogens with zero attached hydrogens (tertiary/aromatic N) is 1. The average molecular weight is 454 g/mol. The molecule has 5 nitrogen and oxygen atoms in total. The fourth-order valence-corrected chi connectivity index (χ4v) is 5.49. The summed E-state index contributed by atoms with van der Waals surface area (Å²) in [5.74, 6) is 1.42. The summed E-state index contributed by atoms with van der Waals surface area (Å²) >= 11 is -1.86. The van der Waals surface area contributed by atoms with Gasteiger partial charge in [0.2, 0.25) is 11.1 Å². The summed E-state index contributed by atoms with van der Waals surface area (Å²) in [6, 6.07) is 16.1. The minimum atomic E-state index is -1.86. The molecular weight excluding hydrogens is 429 g/mol. The van der Waals surface area contributed by atoms with Crippen molar-refractivity contribution in [1.82, 2.24) is 4.90 Å². The Morgan fingerprint density at radius 2 is 1.91 bits per heavy atom. The van der Waals surface area contributed by atoms with E-state index in [0.717, 1.165) is 36.3 Å². The maximum absolute atomic E-state index is 13.6. The summed E-state index contributed by atoms with van der Waals surface area (Å²) in [5.41, 5.74) is 4.76. The van der Waals surface area contributed by atoms with Crippen molar-refractivity contribution in [3.63, 3.8) is 0 Å². The van der Waals surface area contributed by atoms with Gasteiger partial charge in [0.05, 0.1) is 19.1 Å². The van der Waals surface area contributed by atoms with E-state index in [1.807, 2.05) is 12.1 Å². The van der Waals surface area contributed by atoms with Gasteiger partial charge in [0.15, 0.2) is 11.5 Å². The van der Waals surface area contributed by atoms with E-state index < -0.39 is 16.9 Å². The smallest absolute Gasteiger partial charge is 0.240 e. The first-order valence-electron chi connectivity index (χ1n) is 10.5. The second-order valence-electron chi connectivity index (χ2n) is 8.02. The second-order valence-corrected chi connectivity index (χ2v) is 9.12. The Morgan fingerprint density at radius 3 is 2.69 bits per heavy atom. The maximum Gasteiger partial charge on any atom is 0.240 e. The lowest BCUT2D eigenvalue weighted by atomic mass is 9.83. The number of ether oxygens (including phenoxy) is 2. The molecule has 0 aromatic heterocycles. The Bertz CT molecular complexity index is 1200. The predicted octanol–water partition coefficient (Wildman–Crippen LogP) is 4.60. The van der Waals surface area contributed by atoms with Crippen molar-refractivity contribution in [2.24, 2.45) is 0 Å². The van der Waals surface area contributed by atoms with E-state index in [4.69, 9.17) is 13.7 Å². The van der Waals surface area contributed by atoms with Crippen LogP contribution in [-0.2, 0) is 30.5 Å². The van der Waals surface area contributed by atoms with E-state index in [1.54, 1.807) is 20.3 Å². The van der Waals surface area contributed by atoms with Crippen LogP contribution in [0, 0.1) is 5.82 Å². The fraction of sp³-hybridized carbons (Fsp3) is 0.280. The normalized spacial score (nSPS) is 18.2. The lowest BCUT2D eigenvalue weighted by molar-refractivity contribution is 0.159. The zero-order valence-corrected chi connectivity index (χ0v) is 18.8. The summed E-state index contributed by atoms with van der Waals surface area (Å²) in [6.07, 6.45) is 1.76. The number of hydrogen-bond donors (Lipinski definition) is 0. The van der Waals surface area contributed by atoms with Gasteiger partial charge < -0.3 is 13.7 Å². The van der Waals surface area contributed by atoms with Crippen LogP contribution in [0.5, 0.6) is 17.2 Å². The molecule has 0 N–H and O–H groups in total. The lowest BCUT2D eigenvalue weighted by Crippen LogP contribution is -2.39. The molecule has 0 saturated carbocycles. The van der Waals surface area contributed by atoms with Crippen LogP contribution in [-0.4, -0.2) is 29.9 Å². The van der Waals surface area contributed by atoms with E-state index in [2.05, 4.69) is 23.1 Å². The van der Waals surface area contributed by atoms with Gasteiger partial charge in [-0.2, -0.15) is 0 Å². The Kier molecular flexibility index (Phi) is 5.61. The highest BCUT2D eigenvalue weighted by Gasteiger charge is 2.34. The number of halogens is 1. The third kappa shape index (κ3) is 3.76. The molecule has 0 aliphatic carbocycles. The molecule has 5 rings (SSSR count). The standard InChI is InChI=1S/C25H24FNO4S/c1-29-19-7-8-21-17(12-19)10-11-27-15-22-16(13-23(21)27)6-9-24(30-2)25(22)31-32(28)20-5-3-4-18(26)14-20/h3-9,12,14,23H,10-11,13,15H2,1-2H3. The average Bonchev–Trinajstić information content (AvgIpc) is 2.82. The van der Waals surface area contributed by atoms with Crippen molar-refractivity contribution < 1.29 is 22.3 Å². The molecule has 3 aromatic rings. The van der Waals surface area contributed by atoms with Gasteiger partial charge in [-0.3, -0.25) is 4.90 Å². The van der Waals surface area contributed by atoms with E-state index in [9.17, 15) is 8.60 Å². The highest BCUT2D eigenvalue weighted by Crippen LogP contribution is 2.44. The molecule has 0 amide bonds. The molecule has 2 atom stereocenters. The molecular formula is C25H24FNO4S. The molecule has 166 valence electrons. The van der Waals surface area contributed by atoms with E-state index in [0.29, 0.717) is 18.0 Å². The largest absolute Gasteiger partial charge is 0.497 e. The Balaban J connectivity index is 1.49. The molecule has 2 heterocycles. The molecule has 32 heavy (non-hydrogen) atoms. The van der Waals surface area contributed by atoms with Crippen molar-refractivity contribution in [2.45, 2.75) is 30.3 Å². The van der Waals surface area contributed by atoms with Gasteiger partial charge in [0.25, 0.3) is 0 Å². The van der Waals surface area contributed by atoms with E-state index in [1.165, 1.54) is 29.3 Å². The van der Waals surface area contributed by atoms with Gasteiger partial charge in [-0.15, -0.1) is 0 Å². The second kappa shape index (κ2) is 8.56. The van der Waals surface area contributed by atoms with E-state index in [-0.39, 0.29) is 10.9 Å². The van der Waals surface area contributed by atoms with Gasteiger partial charge in [0.1, 0.15) is 11.6 Å². The first-order valence-corrected chi connectivity index (χ1v) is 11.6. The summed E-state index contributed by atoms with van der Waals surface area (Å²) in [6.45, 7) is 1.58. The molecule has 2 aliphatic rings. The Labute approximate surface area is 189 Å². The van der Waals surface area contributed by atoms with Crippen molar-refractivity contribution in [2.75, 3.05) is 20.8 Å². The van der Waals surface area contributed by atoms with Crippen LogP contribution >= 0.6 is 0 Å². The molecule has 7 heteroatoms. The molecule has 2 aliphatic heterocycles. The number of benzene rings is 3. The molecule has 0 bridgehead atoms. The minimum Gasteiger partial charge on any atom is -0.497 e. The third-order valence-electron chi connectivity index (χ3n) is 6.28. The van der Waals surface area contributed by atoms with Crippen LogP contribution in [0.2, 0.25) is 0 Å². The number of hydrogen-bond acceptors (Lipinski definition) is 5. The molecule has 0 radical (unpaired) electrons. The number of rotatable bonds is 5. The van der Waals surface area contributed by atoms with Crippen LogP contribution in [0.3, 0.4) is 0 Å². The van der Waals surface area contributed by atoms with Gasteiger partial charge in [0, 0.05) is 24.7 Å². The monoisotopic (exact) mass is 453 g/mol. The first kappa shape index (κ1) is 21.0. The lowest BCUT2D eigenvalue weighted by Gasteiger charge is -2.42. The molecule has 3 aromatic carbocycles. The topological polar surface area (TPSA) is 48.0 Å². The van der Waals surface area contributed by atoms with Crippen molar-refractivity contribution in [1.29, 1.82) is 0 Å². The summed E-state index contributed by atoms with van der Waals surface area (Å²) < 4.78 is 43.3. The minimum absolute atomic E-state index is 0.270. The SMILES string of the molecule is COc1ccc2c(c1)CCN1Cc3c(ccc(OC)c3OS(=O)c3cccc(F)c3)CC21. The van der Waals surface area contributed by atoms with Crippen molar-refractivity contribution in [3.8, 4) is 17.2 Å². The molecule has 2 unspecified atom stereocenters. The fourth-order valence-electron chi connectivity index (χ4n) is 4.67. The quantitative estimate of drug-likeness (QED) is 0.565. The summed E-state index contributed by atoms with van der Waals surface area (Å²) in [7, 11) is 3.26. The van der Waals surface area contributed by atoms with Gasteiger partial charge in [-0.25, -0.2) is 8.60 Å². The zero-order chi connectivity index (χ0) is 22.2. The maximum atomic E-state index is 13.6. The Morgan fingerprint density at radius 1 is 1.03 bits per heavy atom. The van der Waals surface area contributed by atoms with E-state index >= 15 is 0 Å². The van der Waals surface area contributed by atoms with Crippen molar-refractivity contribution >= 4 is 11.1 Å². The molecule has 0 spiro atoms. The van der Waals surface area contributed by atoms with Crippen LogP contribution in [0.1, 0.15) is 28.3 Å². The van der Waals surface area contributed by atoms with Crippen LogP contribution in [0.15, 0.2) is 59.5 Å². The Hall–Kier alpha value is -2.90. The molecule has 0 fully saturated rings. The predicted molar refractivity (Wildman–Crippen MR) is 120 cm³/mol. The highest BCUT2D eigenvalue weighted by molar-refractivity contribution is 7.80. The van der Waals surface area contributed by atoms with Gasteiger partial charge in [-0.05, 0) is 65.9 Å². The summed E-state index contributed by atoms with van der Waals surface area (Å²) in [4.78, 5) is 2.70. The third-order valence-corrected chi connectivity index (χ3v) is 7.24.